The lowest BCUT2D eigenvalue weighted by Gasteiger charge is -2.39. The van der Waals surface area contributed by atoms with Crippen LogP contribution in [0.3, 0.4) is 0 Å². The summed E-state index contributed by atoms with van der Waals surface area (Å²) >= 11 is 0. The SMILES string of the molecule is C[C@H]1CNCCN1C(=O)C1CCN(C(=O)COc2ccccc2)CC1. The summed E-state index contributed by atoms with van der Waals surface area (Å²) in [5, 5.41) is 3.31. The summed E-state index contributed by atoms with van der Waals surface area (Å²) in [4.78, 5) is 28.8. The third-order valence-electron chi connectivity index (χ3n) is 5.09. The van der Waals surface area contributed by atoms with E-state index in [9.17, 15) is 9.59 Å². The van der Waals surface area contributed by atoms with Gasteiger partial charge in [-0.25, -0.2) is 0 Å². The van der Waals surface area contributed by atoms with E-state index in [0.717, 1.165) is 32.5 Å². The van der Waals surface area contributed by atoms with Crippen LogP contribution in [0.2, 0.25) is 0 Å². The number of nitrogens with zero attached hydrogens (tertiary/aromatic N) is 2. The predicted octanol–water partition coefficient (Wildman–Crippen LogP) is 1.12. The predicted molar refractivity (Wildman–Crippen MR) is 95.3 cm³/mol. The summed E-state index contributed by atoms with van der Waals surface area (Å²) in [5.41, 5.74) is 0. The van der Waals surface area contributed by atoms with Crippen LogP contribution in [0.5, 0.6) is 5.75 Å². The Bertz CT molecular complexity index is 585. The van der Waals surface area contributed by atoms with Crippen molar-refractivity contribution < 1.29 is 14.3 Å². The molecule has 0 spiro atoms. The first-order valence-corrected chi connectivity index (χ1v) is 9.12. The van der Waals surface area contributed by atoms with Gasteiger partial charge in [-0.15, -0.1) is 0 Å². The van der Waals surface area contributed by atoms with E-state index in [1.165, 1.54) is 0 Å². The van der Waals surface area contributed by atoms with Crippen molar-refractivity contribution in [3.63, 3.8) is 0 Å². The smallest absolute Gasteiger partial charge is 0.260 e. The quantitative estimate of drug-likeness (QED) is 0.888. The molecule has 0 aromatic heterocycles. The number of carbonyl (C=O) groups excluding carboxylic acids is 2. The third-order valence-corrected chi connectivity index (χ3v) is 5.09. The molecule has 0 bridgehead atoms. The van der Waals surface area contributed by atoms with Crippen LogP contribution in [0.4, 0.5) is 0 Å². The summed E-state index contributed by atoms with van der Waals surface area (Å²) in [7, 11) is 0. The number of benzene rings is 1. The van der Waals surface area contributed by atoms with Gasteiger partial charge in [0.05, 0.1) is 0 Å². The molecule has 1 aromatic rings. The number of piperidine rings is 1. The topological polar surface area (TPSA) is 61.9 Å². The Balaban J connectivity index is 1.44. The first-order chi connectivity index (χ1) is 12.1. The van der Waals surface area contributed by atoms with Crippen molar-refractivity contribution in [2.75, 3.05) is 39.3 Å². The van der Waals surface area contributed by atoms with Crippen molar-refractivity contribution >= 4 is 11.8 Å². The maximum absolute atomic E-state index is 12.7. The van der Waals surface area contributed by atoms with Crippen molar-refractivity contribution in [1.82, 2.24) is 15.1 Å². The van der Waals surface area contributed by atoms with E-state index >= 15 is 0 Å². The normalized spacial score (nSPS) is 21.9. The fourth-order valence-corrected chi connectivity index (χ4v) is 3.53. The van der Waals surface area contributed by atoms with Crippen molar-refractivity contribution in [2.45, 2.75) is 25.8 Å². The van der Waals surface area contributed by atoms with Gasteiger partial charge in [0.2, 0.25) is 5.91 Å². The molecule has 2 aliphatic rings. The number of para-hydroxylation sites is 1. The van der Waals surface area contributed by atoms with Gasteiger partial charge in [-0.3, -0.25) is 9.59 Å². The zero-order valence-corrected chi connectivity index (χ0v) is 14.8. The minimum absolute atomic E-state index is 0.00899. The lowest BCUT2D eigenvalue weighted by molar-refractivity contribution is -0.143. The van der Waals surface area contributed by atoms with Gasteiger partial charge < -0.3 is 19.9 Å². The molecule has 6 nitrogen and oxygen atoms in total. The van der Waals surface area contributed by atoms with Crippen molar-refractivity contribution in [2.24, 2.45) is 5.92 Å². The van der Waals surface area contributed by atoms with E-state index in [2.05, 4.69) is 12.2 Å². The number of hydrogen-bond donors (Lipinski definition) is 1. The molecular formula is C19H27N3O3. The average molecular weight is 345 g/mol. The highest BCUT2D eigenvalue weighted by Gasteiger charge is 2.32. The number of likely N-dealkylation sites (tertiary alicyclic amines) is 1. The summed E-state index contributed by atoms with van der Waals surface area (Å²) < 4.78 is 5.53. The average Bonchev–Trinajstić information content (AvgIpc) is 2.67. The number of amides is 2. The van der Waals surface area contributed by atoms with Gasteiger partial charge in [0.15, 0.2) is 6.61 Å². The van der Waals surface area contributed by atoms with Crippen molar-refractivity contribution in [3.8, 4) is 5.75 Å². The highest BCUT2D eigenvalue weighted by atomic mass is 16.5. The Morgan fingerprint density at radius 2 is 1.88 bits per heavy atom. The molecular weight excluding hydrogens is 318 g/mol. The molecule has 25 heavy (non-hydrogen) atoms. The number of ether oxygens (including phenoxy) is 1. The largest absolute Gasteiger partial charge is 0.484 e. The number of hydrogen-bond acceptors (Lipinski definition) is 4. The molecule has 2 amide bonds. The zero-order chi connectivity index (χ0) is 17.6. The van der Waals surface area contributed by atoms with Gasteiger partial charge in [0, 0.05) is 44.7 Å². The zero-order valence-electron chi connectivity index (χ0n) is 14.8. The van der Waals surface area contributed by atoms with Gasteiger partial charge in [0.1, 0.15) is 5.75 Å². The van der Waals surface area contributed by atoms with Crippen LogP contribution in [-0.4, -0.2) is 67.0 Å². The number of carbonyl (C=O) groups is 2. The fourth-order valence-electron chi connectivity index (χ4n) is 3.53. The second-order valence-corrected chi connectivity index (χ2v) is 6.84. The van der Waals surface area contributed by atoms with Gasteiger partial charge in [-0.2, -0.15) is 0 Å². The second kappa shape index (κ2) is 8.34. The molecule has 136 valence electrons. The summed E-state index contributed by atoms with van der Waals surface area (Å²) in [5.74, 6) is 0.986. The lowest BCUT2D eigenvalue weighted by atomic mass is 9.94. The van der Waals surface area contributed by atoms with Crippen LogP contribution >= 0.6 is 0 Å². The van der Waals surface area contributed by atoms with Crippen LogP contribution < -0.4 is 10.1 Å². The summed E-state index contributed by atoms with van der Waals surface area (Å²) in [6.45, 7) is 5.91. The van der Waals surface area contributed by atoms with Gasteiger partial charge in [-0.1, -0.05) is 18.2 Å². The van der Waals surface area contributed by atoms with Crippen LogP contribution in [0.25, 0.3) is 0 Å². The standard InChI is InChI=1S/C19H27N3O3/c1-15-13-20-9-12-22(15)19(24)16-7-10-21(11-8-16)18(23)14-25-17-5-3-2-4-6-17/h2-6,15-16,20H,7-14H2,1H3/t15-/m0/s1. The Kier molecular flexibility index (Phi) is 5.91. The van der Waals surface area contributed by atoms with Crippen molar-refractivity contribution in [1.29, 1.82) is 0 Å². The summed E-state index contributed by atoms with van der Waals surface area (Å²) in [6, 6.07) is 9.61. The number of piperazine rings is 1. The van der Waals surface area contributed by atoms with Crippen molar-refractivity contribution in [3.05, 3.63) is 30.3 Å². The minimum Gasteiger partial charge on any atom is -0.484 e. The van der Waals surface area contributed by atoms with E-state index in [0.29, 0.717) is 18.8 Å². The molecule has 2 saturated heterocycles. The van der Waals surface area contributed by atoms with E-state index in [4.69, 9.17) is 4.74 Å². The van der Waals surface area contributed by atoms with Gasteiger partial charge in [-0.05, 0) is 31.9 Å². The number of rotatable bonds is 4. The van der Waals surface area contributed by atoms with Gasteiger partial charge in [0.25, 0.3) is 5.91 Å². The van der Waals surface area contributed by atoms with Gasteiger partial charge >= 0.3 is 0 Å². The third kappa shape index (κ3) is 4.51. The van der Waals surface area contributed by atoms with Crippen LogP contribution in [0.15, 0.2) is 30.3 Å². The molecule has 1 atom stereocenters. The maximum Gasteiger partial charge on any atom is 0.260 e. The highest BCUT2D eigenvalue weighted by molar-refractivity contribution is 5.81. The molecule has 2 aliphatic heterocycles. The van der Waals surface area contributed by atoms with E-state index in [1.54, 1.807) is 0 Å². The maximum atomic E-state index is 12.7. The Morgan fingerprint density at radius 1 is 1.16 bits per heavy atom. The first-order valence-electron chi connectivity index (χ1n) is 9.12. The first kappa shape index (κ1) is 17.7. The molecule has 1 N–H and O–H groups in total. The molecule has 1 aromatic carbocycles. The van der Waals surface area contributed by atoms with E-state index < -0.39 is 0 Å². The van der Waals surface area contributed by atoms with Crippen LogP contribution in [0.1, 0.15) is 19.8 Å². The molecule has 0 aliphatic carbocycles. The Morgan fingerprint density at radius 3 is 2.56 bits per heavy atom. The molecule has 2 heterocycles. The molecule has 2 fully saturated rings. The van der Waals surface area contributed by atoms with Crippen LogP contribution in [-0.2, 0) is 9.59 Å². The number of nitrogens with one attached hydrogen (secondary N) is 1. The van der Waals surface area contributed by atoms with Crippen LogP contribution in [0, 0.1) is 5.92 Å². The Hall–Kier alpha value is -2.08. The monoisotopic (exact) mass is 345 g/mol. The Labute approximate surface area is 149 Å². The molecule has 3 rings (SSSR count). The fraction of sp³-hybridized carbons (Fsp3) is 0.579. The second-order valence-electron chi connectivity index (χ2n) is 6.84. The highest BCUT2D eigenvalue weighted by Crippen LogP contribution is 2.21. The molecule has 0 radical (unpaired) electrons. The molecule has 6 heteroatoms. The minimum atomic E-state index is -0.00899. The summed E-state index contributed by atoms with van der Waals surface area (Å²) in [6.07, 6.45) is 1.49. The molecule has 0 saturated carbocycles. The lowest BCUT2D eigenvalue weighted by Crippen LogP contribution is -2.55. The van der Waals surface area contributed by atoms with E-state index in [-0.39, 0.29) is 30.4 Å². The van der Waals surface area contributed by atoms with E-state index in [1.807, 2.05) is 40.1 Å². The molecule has 0 unspecified atom stereocenters.